The van der Waals surface area contributed by atoms with Gasteiger partial charge in [-0.25, -0.2) is 9.78 Å². The van der Waals surface area contributed by atoms with Crippen molar-refractivity contribution in [1.29, 1.82) is 0 Å². The van der Waals surface area contributed by atoms with Crippen molar-refractivity contribution in [3.63, 3.8) is 0 Å². The maximum Gasteiger partial charge on any atom is 0.339 e. The summed E-state index contributed by atoms with van der Waals surface area (Å²) in [6, 6.07) is 23.7. The number of carbonyl (C=O) groups is 2. The molecular weight excluding hydrogens is 472 g/mol. The highest BCUT2D eigenvalue weighted by atomic mass is 79.9. The Hall–Kier alpha value is -3.71. The summed E-state index contributed by atoms with van der Waals surface area (Å²) in [6.07, 6.45) is 0. The van der Waals surface area contributed by atoms with E-state index in [1.54, 1.807) is 36.4 Å². The van der Waals surface area contributed by atoms with E-state index in [0.29, 0.717) is 33.6 Å². The Morgan fingerprint density at radius 2 is 1.69 bits per heavy atom. The standard InChI is InChI=1S/C25H19BrN2O4/c1-31-23-9-5-4-8-21(23)28-24(29)15-32-25(30)19-14-22(16-10-12-17(26)13-11-16)27-20-7-3-2-6-18(19)20/h2-14H,15H2,1H3,(H,28,29). The number of carbonyl (C=O) groups excluding carboxylic acids is 2. The van der Waals surface area contributed by atoms with Crippen molar-refractivity contribution in [2.45, 2.75) is 0 Å². The Balaban J connectivity index is 1.56. The zero-order valence-electron chi connectivity index (χ0n) is 17.2. The van der Waals surface area contributed by atoms with Gasteiger partial charge in [0, 0.05) is 15.4 Å². The molecule has 3 aromatic carbocycles. The van der Waals surface area contributed by atoms with Crippen LogP contribution in [0, 0.1) is 0 Å². The number of nitrogens with zero attached hydrogens (tertiary/aromatic N) is 1. The molecule has 0 aliphatic carbocycles. The lowest BCUT2D eigenvalue weighted by Crippen LogP contribution is -2.21. The van der Waals surface area contributed by atoms with Crippen molar-refractivity contribution in [2.24, 2.45) is 0 Å². The van der Waals surface area contributed by atoms with E-state index in [1.165, 1.54) is 7.11 Å². The minimum atomic E-state index is -0.600. The van der Waals surface area contributed by atoms with E-state index in [-0.39, 0.29) is 0 Å². The second-order valence-electron chi connectivity index (χ2n) is 6.90. The molecule has 0 fully saturated rings. The predicted octanol–water partition coefficient (Wildman–Crippen LogP) is 5.47. The number of nitrogens with one attached hydrogen (secondary N) is 1. The van der Waals surface area contributed by atoms with E-state index < -0.39 is 18.5 Å². The Kier molecular flexibility index (Phi) is 6.47. The van der Waals surface area contributed by atoms with Gasteiger partial charge in [-0.3, -0.25) is 4.79 Å². The van der Waals surface area contributed by atoms with Gasteiger partial charge in [-0.05, 0) is 36.4 Å². The first-order valence-corrected chi connectivity index (χ1v) is 10.6. The summed E-state index contributed by atoms with van der Waals surface area (Å²) >= 11 is 3.42. The molecule has 1 N–H and O–H groups in total. The third-order valence-electron chi connectivity index (χ3n) is 4.79. The SMILES string of the molecule is COc1ccccc1NC(=O)COC(=O)c1cc(-c2ccc(Br)cc2)nc2ccccc12. The van der Waals surface area contributed by atoms with E-state index in [9.17, 15) is 9.59 Å². The van der Waals surface area contributed by atoms with E-state index in [0.717, 1.165) is 10.0 Å². The van der Waals surface area contributed by atoms with Crippen LogP contribution in [-0.4, -0.2) is 30.6 Å². The number of esters is 1. The fourth-order valence-corrected chi connectivity index (χ4v) is 3.52. The number of anilines is 1. The van der Waals surface area contributed by atoms with Crippen LogP contribution in [0.25, 0.3) is 22.2 Å². The molecule has 0 aliphatic rings. The summed E-state index contributed by atoms with van der Waals surface area (Å²) in [5, 5.41) is 3.35. The average Bonchev–Trinajstić information content (AvgIpc) is 2.82. The molecule has 0 unspecified atom stereocenters. The van der Waals surface area contributed by atoms with Crippen LogP contribution in [0.2, 0.25) is 0 Å². The van der Waals surface area contributed by atoms with Gasteiger partial charge in [0.15, 0.2) is 6.61 Å². The van der Waals surface area contributed by atoms with Crippen molar-refractivity contribution in [3.05, 3.63) is 88.9 Å². The van der Waals surface area contributed by atoms with Crippen LogP contribution in [0.3, 0.4) is 0 Å². The summed E-state index contributed by atoms with van der Waals surface area (Å²) in [6.45, 7) is -0.429. The zero-order valence-corrected chi connectivity index (χ0v) is 18.8. The number of halogens is 1. The van der Waals surface area contributed by atoms with Crippen LogP contribution in [0.1, 0.15) is 10.4 Å². The molecule has 160 valence electrons. The van der Waals surface area contributed by atoms with Gasteiger partial charge >= 0.3 is 5.97 Å². The Labute approximate surface area is 193 Å². The fourth-order valence-electron chi connectivity index (χ4n) is 3.26. The Morgan fingerprint density at radius 1 is 0.969 bits per heavy atom. The number of amides is 1. The number of ether oxygens (including phenoxy) is 2. The van der Waals surface area contributed by atoms with Gasteiger partial charge in [0.1, 0.15) is 5.75 Å². The molecule has 1 amide bonds. The highest BCUT2D eigenvalue weighted by Crippen LogP contribution is 2.27. The molecule has 0 bridgehead atoms. The van der Waals surface area contributed by atoms with Crippen molar-refractivity contribution in [3.8, 4) is 17.0 Å². The molecule has 4 rings (SSSR count). The normalized spacial score (nSPS) is 10.6. The van der Waals surface area contributed by atoms with Crippen LogP contribution in [-0.2, 0) is 9.53 Å². The number of hydrogen-bond acceptors (Lipinski definition) is 5. The average molecular weight is 491 g/mol. The van der Waals surface area contributed by atoms with Crippen LogP contribution < -0.4 is 10.1 Å². The number of methoxy groups -OCH3 is 1. The second kappa shape index (κ2) is 9.62. The summed E-state index contributed by atoms with van der Waals surface area (Å²) in [7, 11) is 1.52. The molecule has 0 spiro atoms. The molecular formula is C25H19BrN2O4. The van der Waals surface area contributed by atoms with Crippen molar-refractivity contribution in [2.75, 3.05) is 19.0 Å². The zero-order chi connectivity index (χ0) is 22.5. The van der Waals surface area contributed by atoms with Gasteiger partial charge in [-0.2, -0.15) is 0 Å². The monoisotopic (exact) mass is 490 g/mol. The molecule has 0 radical (unpaired) electrons. The second-order valence-corrected chi connectivity index (χ2v) is 7.82. The quantitative estimate of drug-likeness (QED) is 0.362. The largest absolute Gasteiger partial charge is 0.495 e. The summed E-state index contributed by atoms with van der Waals surface area (Å²) in [5.41, 5.74) is 3.02. The van der Waals surface area contributed by atoms with Gasteiger partial charge in [-0.15, -0.1) is 0 Å². The van der Waals surface area contributed by atoms with E-state index in [1.807, 2.05) is 42.5 Å². The molecule has 1 heterocycles. The molecule has 0 aliphatic heterocycles. The number of aromatic nitrogens is 1. The smallest absolute Gasteiger partial charge is 0.339 e. The molecule has 32 heavy (non-hydrogen) atoms. The lowest BCUT2D eigenvalue weighted by atomic mass is 10.0. The van der Waals surface area contributed by atoms with E-state index in [4.69, 9.17) is 9.47 Å². The van der Waals surface area contributed by atoms with Gasteiger partial charge in [0.25, 0.3) is 5.91 Å². The Bertz CT molecular complexity index is 1290. The molecule has 4 aromatic rings. The van der Waals surface area contributed by atoms with Crippen LogP contribution in [0.4, 0.5) is 5.69 Å². The van der Waals surface area contributed by atoms with Crippen LogP contribution in [0.5, 0.6) is 5.75 Å². The number of fused-ring (bicyclic) bond motifs is 1. The first-order chi connectivity index (χ1) is 15.5. The maximum atomic E-state index is 12.9. The summed E-state index contributed by atoms with van der Waals surface area (Å²) < 4.78 is 11.5. The van der Waals surface area contributed by atoms with Crippen LogP contribution >= 0.6 is 15.9 Å². The van der Waals surface area contributed by atoms with Crippen molar-refractivity contribution < 1.29 is 19.1 Å². The molecule has 0 saturated heterocycles. The third kappa shape index (κ3) is 4.78. The Morgan fingerprint density at radius 3 is 2.47 bits per heavy atom. The first kappa shape index (κ1) is 21.5. The first-order valence-electron chi connectivity index (χ1n) is 9.81. The topological polar surface area (TPSA) is 77.5 Å². The molecule has 0 atom stereocenters. The van der Waals surface area contributed by atoms with Gasteiger partial charge < -0.3 is 14.8 Å². The third-order valence-corrected chi connectivity index (χ3v) is 5.32. The molecule has 7 heteroatoms. The lowest BCUT2D eigenvalue weighted by molar-refractivity contribution is -0.119. The predicted molar refractivity (Wildman–Crippen MR) is 127 cm³/mol. The van der Waals surface area contributed by atoms with Gasteiger partial charge in [0.05, 0.1) is 29.6 Å². The number of hydrogen-bond donors (Lipinski definition) is 1. The molecule has 1 aromatic heterocycles. The number of rotatable bonds is 6. The van der Waals surface area contributed by atoms with E-state index >= 15 is 0 Å². The summed E-state index contributed by atoms with van der Waals surface area (Å²) in [4.78, 5) is 29.9. The summed E-state index contributed by atoms with van der Waals surface area (Å²) in [5.74, 6) is -0.544. The highest BCUT2D eigenvalue weighted by Gasteiger charge is 2.17. The maximum absolute atomic E-state index is 12.9. The molecule has 6 nitrogen and oxygen atoms in total. The fraction of sp³-hybridized carbons (Fsp3) is 0.0800. The number of pyridine rings is 1. The highest BCUT2D eigenvalue weighted by molar-refractivity contribution is 9.10. The number of para-hydroxylation sites is 3. The molecule has 0 saturated carbocycles. The minimum Gasteiger partial charge on any atom is -0.495 e. The van der Waals surface area contributed by atoms with Gasteiger partial charge in [-0.1, -0.05) is 58.4 Å². The minimum absolute atomic E-state index is 0.346. The van der Waals surface area contributed by atoms with Crippen molar-refractivity contribution in [1.82, 2.24) is 4.98 Å². The van der Waals surface area contributed by atoms with E-state index in [2.05, 4.69) is 26.2 Å². The van der Waals surface area contributed by atoms with Gasteiger partial charge in [0.2, 0.25) is 0 Å². The van der Waals surface area contributed by atoms with Crippen LogP contribution in [0.15, 0.2) is 83.3 Å². The number of benzene rings is 3. The van der Waals surface area contributed by atoms with Crippen molar-refractivity contribution >= 4 is 44.4 Å². The lowest BCUT2D eigenvalue weighted by Gasteiger charge is -2.12.